The second kappa shape index (κ2) is 7.13. The number of rotatable bonds is 5. The molecule has 1 atom stereocenters. The third-order valence-corrected chi connectivity index (χ3v) is 4.00. The molecule has 0 aromatic rings. The van der Waals surface area contributed by atoms with E-state index in [1.54, 1.807) is 0 Å². The summed E-state index contributed by atoms with van der Waals surface area (Å²) < 4.78 is 0. The number of aliphatic hydroxyl groups is 1. The standard InChI is InChI=1S/C15H29NO2/c1-15(2,3)13(9-10-17)16-14(18)11-12-7-5-4-6-8-12/h12-13,17H,4-11H2,1-3H3,(H,16,18). The van der Waals surface area contributed by atoms with Crippen LogP contribution in [0.3, 0.4) is 0 Å². The predicted molar refractivity (Wildman–Crippen MR) is 74.3 cm³/mol. The Balaban J connectivity index is 2.40. The molecule has 1 aliphatic rings. The van der Waals surface area contributed by atoms with Crippen molar-refractivity contribution >= 4 is 5.91 Å². The van der Waals surface area contributed by atoms with Crippen molar-refractivity contribution in [3.8, 4) is 0 Å². The van der Waals surface area contributed by atoms with E-state index in [0.29, 0.717) is 18.8 Å². The van der Waals surface area contributed by atoms with Crippen LogP contribution in [0.2, 0.25) is 0 Å². The lowest BCUT2D eigenvalue weighted by atomic mass is 9.83. The molecular weight excluding hydrogens is 226 g/mol. The van der Waals surface area contributed by atoms with Gasteiger partial charge >= 0.3 is 0 Å². The van der Waals surface area contributed by atoms with Gasteiger partial charge in [-0.05, 0) is 30.6 Å². The monoisotopic (exact) mass is 255 g/mol. The van der Waals surface area contributed by atoms with Crippen LogP contribution in [0.1, 0.15) is 65.7 Å². The van der Waals surface area contributed by atoms with Crippen molar-refractivity contribution in [3.63, 3.8) is 0 Å². The molecule has 0 bridgehead atoms. The molecule has 18 heavy (non-hydrogen) atoms. The van der Waals surface area contributed by atoms with Crippen LogP contribution >= 0.6 is 0 Å². The zero-order valence-electron chi connectivity index (χ0n) is 12.2. The Morgan fingerprint density at radius 3 is 2.39 bits per heavy atom. The lowest BCUT2D eigenvalue weighted by Crippen LogP contribution is -2.44. The Morgan fingerprint density at radius 2 is 1.89 bits per heavy atom. The van der Waals surface area contributed by atoms with Crippen LogP contribution < -0.4 is 5.32 Å². The summed E-state index contributed by atoms with van der Waals surface area (Å²) in [4.78, 5) is 12.1. The van der Waals surface area contributed by atoms with Gasteiger partial charge in [0.05, 0.1) is 0 Å². The number of aliphatic hydroxyl groups excluding tert-OH is 1. The SMILES string of the molecule is CC(C)(C)C(CCO)NC(=O)CC1CCCCC1. The van der Waals surface area contributed by atoms with Crippen LogP contribution in [-0.4, -0.2) is 23.7 Å². The third-order valence-electron chi connectivity index (χ3n) is 4.00. The van der Waals surface area contributed by atoms with Gasteiger partial charge in [0, 0.05) is 19.1 Å². The molecule has 1 saturated carbocycles. The van der Waals surface area contributed by atoms with E-state index in [2.05, 4.69) is 26.1 Å². The molecule has 106 valence electrons. The molecule has 0 radical (unpaired) electrons. The minimum Gasteiger partial charge on any atom is -0.396 e. The summed E-state index contributed by atoms with van der Waals surface area (Å²) in [6, 6.07) is 0.0681. The number of carbonyl (C=O) groups excluding carboxylic acids is 1. The fraction of sp³-hybridized carbons (Fsp3) is 0.933. The molecule has 0 heterocycles. The van der Waals surface area contributed by atoms with Crippen molar-refractivity contribution in [1.82, 2.24) is 5.32 Å². The molecular formula is C15H29NO2. The van der Waals surface area contributed by atoms with Gasteiger partial charge in [0.1, 0.15) is 0 Å². The number of hydrogen-bond acceptors (Lipinski definition) is 2. The highest BCUT2D eigenvalue weighted by Gasteiger charge is 2.26. The van der Waals surface area contributed by atoms with Crippen LogP contribution in [0.5, 0.6) is 0 Å². The molecule has 0 spiro atoms. The van der Waals surface area contributed by atoms with E-state index >= 15 is 0 Å². The molecule has 0 aromatic heterocycles. The number of nitrogens with one attached hydrogen (secondary N) is 1. The summed E-state index contributed by atoms with van der Waals surface area (Å²) in [6.07, 6.45) is 7.58. The summed E-state index contributed by atoms with van der Waals surface area (Å²) in [5, 5.41) is 12.2. The Kier molecular flexibility index (Phi) is 6.13. The van der Waals surface area contributed by atoms with E-state index < -0.39 is 0 Å². The zero-order chi connectivity index (χ0) is 13.6. The topological polar surface area (TPSA) is 49.3 Å². The van der Waals surface area contributed by atoms with Gasteiger partial charge < -0.3 is 10.4 Å². The average molecular weight is 255 g/mol. The highest BCUT2D eigenvalue weighted by molar-refractivity contribution is 5.76. The Labute approximate surface area is 111 Å². The highest BCUT2D eigenvalue weighted by atomic mass is 16.3. The first kappa shape index (κ1) is 15.5. The Bertz CT molecular complexity index is 252. The van der Waals surface area contributed by atoms with Crippen LogP contribution in [-0.2, 0) is 4.79 Å². The molecule has 1 rings (SSSR count). The third kappa shape index (κ3) is 5.38. The minimum atomic E-state index is 0.00492. The number of amides is 1. The molecule has 0 aliphatic heterocycles. The molecule has 1 unspecified atom stereocenters. The van der Waals surface area contributed by atoms with E-state index in [9.17, 15) is 4.79 Å². The van der Waals surface area contributed by atoms with Crippen LogP contribution in [0.25, 0.3) is 0 Å². The molecule has 0 aromatic carbocycles. The normalized spacial score (nSPS) is 19.6. The molecule has 0 saturated heterocycles. The van der Waals surface area contributed by atoms with Crippen molar-refractivity contribution < 1.29 is 9.90 Å². The van der Waals surface area contributed by atoms with E-state index in [1.165, 1.54) is 32.1 Å². The van der Waals surface area contributed by atoms with Crippen LogP contribution in [0, 0.1) is 11.3 Å². The predicted octanol–water partition coefficient (Wildman–Crippen LogP) is 2.87. The van der Waals surface area contributed by atoms with Crippen molar-refractivity contribution in [1.29, 1.82) is 0 Å². The van der Waals surface area contributed by atoms with Gasteiger partial charge in [0.15, 0.2) is 0 Å². The van der Waals surface area contributed by atoms with E-state index in [0.717, 1.165) is 0 Å². The summed E-state index contributed by atoms with van der Waals surface area (Å²) in [5.41, 5.74) is 0.00492. The largest absolute Gasteiger partial charge is 0.396 e. The molecule has 3 heteroatoms. The molecule has 1 aliphatic carbocycles. The quantitative estimate of drug-likeness (QED) is 0.793. The minimum absolute atomic E-state index is 0.00492. The van der Waals surface area contributed by atoms with Crippen LogP contribution in [0.15, 0.2) is 0 Å². The molecule has 1 amide bonds. The molecule has 3 nitrogen and oxygen atoms in total. The summed E-state index contributed by atoms with van der Waals surface area (Å²) in [6.45, 7) is 6.45. The maximum absolute atomic E-state index is 12.1. The van der Waals surface area contributed by atoms with Crippen molar-refractivity contribution in [2.45, 2.75) is 71.8 Å². The number of hydrogen-bond donors (Lipinski definition) is 2. The van der Waals surface area contributed by atoms with Gasteiger partial charge in [-0.2, -0.15) is 0 Å². The van der Waals surface area contributed by atoms with Crippen molar-refractivity contribution in [2.75, 3.05) is 6.61 Å². The van der Waals surface area contributed by atoms with Gasteiger partial charge in [-0.3, -0.25) is 4.79 Å². The average Bonchev–Trinajstić information content (AvgIpc) is 2.28. The van der Waals surface area contributed by atoms with Gasteiger partial charge in [-0.1, -0.05) is 40.0 Å². The zero-order valence-corrected chi connectivity index (χ0v) is 12.2. The van der Waals surface area contributed by atoms with Crippen molar-refractivity contribution in [3.05, 3.63) is 0 Å². The summed E-state index contributed by atoms with van der Waals surface area (Å²) in [7, 11) is 0. The first-order chi connectivity index (χ1) is 8.43. The van der Waals surface area contributed by atoms with Crippen LogP contribution in [0.4, 0.5) is 0 Å². The summed E-state index contributed by atoms with van der Waals surface area (Å²) in [5.74, 6) is 0.740. The lowest BCUT2D eigenvalue weighted by molar-refractivity contribution is -0.123. The second-order valence-electron chi connectivity index (χ2n) is 6.71. The second-order valence-corrected chi connectivity index (χ2v) is 6.71. The number of carbonyl (C=O) groups is 1. The van der Waals surface area contributed by atoms with Crippen molar-refractivity contribution in [2.24, 2.45) is 11.3 Å². The maximum atomic E-state index is 12.1. The Morgan fingerprint density at radius 1 is 1.28 bits per heavy atom. The van der Waals surface area contributed by atoms with E-state index in [4.69, 9.17) is 5.11 Å². The summed E-state index contributed by atoms with van der Waals surface area (Å²) >= 11 is 0. The van der Waals surface area contributed by atoms with Gasteiger partial charge in [-0.15, -0.1) is 0 Å². The highest BCUT2D eigenvalue weighted by Crippen LogP contribution is 2.27. The van der Waals surface area contributed by atoms with Gasteiger partial charge in [0.2, 0.25) is 5.91 Å². The first-order valence-electron chi connectivity index (χ1n) is 7.33. The fourth-order valence-corrected chi connectivity index (χ4v) is 2.76. The van der Waals surface area contributed by atoms with Gasteiger partial charge in [0.25, 0.3) is 0 Å². The smallest absolute Gasteiger partial charge is 0.220 e. The molecule has 1 fully saturated rings. The lowest BCUT2D eigenvalue weighted by Gasteiger charge is -2.32. The first-order valence-corrected chi connectivity index (χ1v) is 7.33. The molecule has 2 N–H and O–H groups in total. The van der Waals surface area contributed by atoms with E-state index in [-0.39, 0.29) is 24.0 Å². The Hall–Kier alpha value is -0.570. The fourth-order valence-electron chi connectivity index (χ4n) is 2.76. The van der Waals surface area contributed by atoms with E-state index in [1.807, 2.05) is 0 Å². The maximum Gasteiger partial charge on any atom is 0.220 e. The van der Waals surface area contributed by atoms with Gasteiger partial charge in [-0.25, -0.2) is 0 Å².